The van der Waals surface area contributed by atoms with E-state index in [2.05, 4.69) is 67.2 Å². The maximum Gasteiger partial charge on any atom is 0.0320 e. The minimum Gasteiger partial charge on any atom is -0.313 e. The summed E-state index contributed by atoms with van der Waals surface area (Å²) >= 11 is 7.14. The predicted molar refractivity (Wildman–Crippen MR) is 93.1 cm³/mol. The molecule has 1 aliphatic heterocycles. The Hall–Kier alpha value is 0.1000. The smallest absolute Gasteiger partial charge is 0.0320 e. The first kappa shape index (κ1) is 16.5. The van der Waals surface area contributed by atoms with E-state index in [1.807, 2.05) is 0 Å². The molecule has 1 aromatic rings. The van der Waals surface area contributed by atoms with Crippen LogP contribution in [0.4, 0.5) is 0 Å². The lowest BCUT2D eigenvalue weighted by Gasteiger charge is -2.25. The van der Waals surface area contributed by atoms with Crippen LogP contribution in [0.25, 0.3) is 0 Å². The summed E-state index contributed by atoms with van der Waals surface area (Å²) in [6.07, 6.45) is 5.20. The topological polar surface area (TPSA) is 15.3 Å². The molecule has 1 heterocycles. The van der Waals surface area contributed by atoms with Crippen molar-refractivity contribution in [3.05, 3.63) is 32.7 Å². The Morgan fingerprint density at radius 1 is 1.30 bits per heavy atom. The molecule has 0 saturated carbocycles. The number of nitrogens with zero attached hydrogens (tertiary/aromatic N) is 1. The molecular formula is C16H24Br2N2. The third-order valence-corrected chi connectivity index (χ3v) is 5.74. The summed E-state index contributed by atoms with van der Waals surface area (Å²) in [5.41, 5.74) is 1.38. The molecule has 1 fully saturated rings. The lowest BCUT2D eigenvalue weighted by molar-refractivity contribution is 0.237. The van der Waals surface area contributed by atoms with Gasteiger partial charge in [-0.3, -0.25) is 4.90 Å². The number of halogens is 2. The van der Waals surface area contributed by atoms with Crippen molar-refractivity contribution in [3.63, 3.8) is 0 Å². The van der Waals surface area contributed by atoms with Gasteiger partial charge in [-0.1, -0.05) is 19.4 Å². The third-order valence-electron chi connectivity index (χ3n) is 3.86. The van der Waals surface area contributed by atoms with Gasteiger partial charge in [-0.05, 0) is 81.9 Å². The molecule has 1 N–H and O–H groups in total. The van der Waals surface area contributed by atoms with Crippen LogP contribution in [0, 0.1) is 0 Å². The summed E-state index contributed by atoms with van der Waals surface area (Å²) in [6, 6.07) is 7.26. The van der Waals surface area contributed by atoms with Crippen molar-refractivity contribution in [1.82, 2.24) is 10.2 Å². The van der Waals surface area contributed by atoms with Crippen LogP contribution in [0.15, 0.2) is 27.1 Å². The Morgan fingerprint density at radius 3 is 2.80 bits per heavy atom. The van der Waals surface area contributed by atoms with Gasteiger partial charge in [0.15, 0.2) is 0 Å². The van der Waals surface area contributed by atoms with E-state index in [9.17, 15) is 0 Å². The fraction of sp³-hybridized carbons (Fsp3) is 0.625. The molecule has 1 atom stereocenters. The molecule has 4 heteroatoms. The number of unbranched alkanes of at least 4 members (excludes halogenated alkanes) is 1. The minimum atomic E-state index is 0.686. The monoisotopic (exact) mass is 402 g/mol. The van der Waals surface area contributed by atoms with E-state index in [1.54, 1.807) is 0 Å². The standard InChI is InChI=1S/C16H24Br2N2/c1-2-3-9-20(12-14-5-4-8-19-14)11-13-6-7-15(17)16(18)10-13/h6-7,10,14,19H,2-5,8-9,11-12H2,1H3. The van der Waals surface area contributed by atoms with Crippen LogP contribution < -0.4 is 5.32 Å². The fourth-order valence-electron chi connectivity index (χ4n) is 2.74. The third kappa shape index (κ3) is 5.14. The van der Waals surface area contributed by atoms with Gasteiger partial charge in [-0.15, -0.1) is 0 Å². The van der Waals surface area contributed by atoms with Gasteiger partial charge in [-0.2, -0.15) is 0 Å². The van der Waals surface area contributed by atoms with Gasteiger partial charge in [0.25, 0.3) is 0 Å². The van der Waals surface area contributed by atoms with Crippen molar-refractivity contribution in [1.29, 1.82) is 0 Å². The molecule has 112 valence electrons. The molecule has 0 radical (unpaired) electrons. The molecule has 1 saturated heterocycles. The van der Waals surface area contributed by atoms with E-state index in [0.29, 0.717) is 6.04 Å². The zero-order valence-corrected chi connectivity index (χ0v) is 15.3. The van der Waals surface area contributed by atoms with Crippen molar-refractivity contribution >= 4 is 31.9 Å². The van der Waals surface area contributed by atoms with Gasteiger partial charge < -0.3 is 5.32 Å². The highest BCUT2D eigenvalue weighted by Gasteiger charge is 2.17. The minimum absolute atomic E-state index is 0.686. The summed E-state index contributed by atoms with van der Waals surface area (Å²) in [5, 5.41) is 3.61. The van der Waals surface area contributed by atoms with Crippen molar-refractivity contribution < 1.29 is 0 Å². The van der Waals surface area contributed by atoms with E-state index in [4.69, 9.17) is 0 Å². The van der Waals surface area contributed by atoms with Crippen LogP contribution in [0.1, 0.15) is 38.2 Å². The van der Waals surface area contributed by atoms with Gasteiger partial charge in [0.2, 0.25) is 0 Å². The zero-order chi connectivity index (χ0) is 14.4. The second-order valence-corrected chi connectivity index (χ2v) is 7.34. The molecular weight excluding hydrogens is 380 g/mol. The van der Waals surface area contributed by atoms with Crippen molar-refractivity contribution in [3.8, 4) is 0 Å². The van der Waals surface area contributed by atoms with E-state index in [1.165, 1.54) is 50.9 Å². The van der Waals surface area contributed by atoms with Crippen LogP contribution in [0.3, 0.4) is 0 Å². The molecule has 1 unspecified atom stereocenters. The highest BCUT2D eigenvalue weighted by molar-refractivity contribution is 9.13. The first-order valence-electron chi connectivity index (χ1n) is 7.58. The summed E-state index contributed by atoms with van der Waals surface area (Å²) in [4.78, 5) is 2.60. The van der Waals surface area contributed by atoms with Crippen LogP contribution in [0.5, 0.6) is 0 Å². The normalized spacial score (nSPS) is 18.9. The van der Waals surface area contributed by atoms with Gasteiger partial charge in [0, 0.05) is 28.1 Å². The van der Waals surface area contributed by atoms with Crippen molar-refractivity contribution in [2.45, 2.75) is 45.2 Å². The first-order valence-corrected chi connectivity index (χ1v) is 9.17. The van der Waals surface area contributed by atoms with Crippen LogP contribution >= 0.6 is 31.9 Å². The summed E-state index contributed by atoms with van der Waals surface area (Å²) in [6.45, 7) is 6.87. The summed E-state index contributed by atoms with van der Waals surface area (Å²) in [7, 11) is 0. The number of hydrogen-bond donors (Lipinski definition) is 1. The lowest BCUT2D eigenvalue weighted by Crippen LogP contribution is -2.37. The number of hydrogen-bond acceptors (Lipinski definition) is 2. The Bertz CT molecular complexity index is 417. The average Bonchev–Trinajstić information content (AvgIpc) is 2.93. The molecule has 1 aliphatic rings. The molecule has 0 spiro atoms. The van der Waals surface area contributed by atoms with E-state index >= 15 is 0 Å². The lowest BCUT2D eigenvalue weighted by atomic mass is 10.1. The van der Waals surface area contributed by atoms with Crippen molar-refractivity contribution in [2.75, 3.05) is 19.6 Å². The fourth-order valence-corrected chi connectivity index (χ4v) is 3.41. The van der Waals surface area contributed by atoms with Crippen LogP contribution in [-0.2, 0) is 6.54 Å². The molecule has 20 heavy (non-hydrogen) atoms. The Morgan fingerprint density at radius 2 is 2.15 bits per heavy atom. The predicted octanol–water partition coefficient (Wildman–Crippen LogP) is 4.57. The van der Waals surface area contributed by atoms with Gasteiger partial charge >= 0.3 is 0 Å². The number of rotatable bonds is 7. The maximum absolute atomic E-state index is 3.61. The van der Waals surface area contributed by atoms with Gasteiger partial charge in [0.05, 0.1) is 0 Å². The summed E-state index contributed by atoms with van der Waals surface area (Å²) < 4.78 is 2.27. The Kier molecular flexibility index (Phi) is 7.02. The SMILES string of the molecule is CCCCN(Cc1ccc(Br)c(Br)c1)CC1CCCN1. The molecule has 2 rings (SSSR count). The molecule has 0 bridgehead atoms. The molecule has 1 aromatic carbocycles. The maximum atomic E-state index is 3.61. The molecule has 2 nitrogen and oxygen atoms in total. The van der Waals surface area contributed by atoms with Crippen LogP contribution in [-0.4, -0.2) is 30.6 Å². The zero-order valence-electron chi connectivity index (χ0n) is 12.2. The number of nitrogens with one attached hydrogen (secondary N) is 1. The molecule has 0 aliphatic carbocycles. The van der Waals surface area contributed by atoms with Gasteiger partial charge in [0.1, 0.15) is 0 Å². The largest absolute Gasteiger partial charge is 0.313 e. The van der Waals surface area contributed by atoms with E-state index in [0.717, 1.165) is 15.5 Å². The Balaban J connectivity index is 1.95. The van der Waals surface area contributed by atoms with E-state index in [-0.39, 0.29) is 0 Å². The Labute approximate surface area is 139 Å². The van der Waals surface area contributed by atoms with Gasteiger partial charge in [-0.25, -0.2) is 0 Å². The molecule has 0 amide bonds. The van der Waals surface area contributed by atoms with Crippen LogP contribution in [0.2, 0.25) is 0 Å². The average molecular weight is 404 g/mol. The number of benzene rings is 1. The first-order chi connectivity index (χ1) is 9.69. The second-order valence-electron chi connectivity index (χ2n) is 5.63. The van der Waals surface area contributed by atoms with Crippen molar-refractivity contribution in [2.24, 2.45) is 0 Å². The molecule has 0 aromatic heterocycles. The van der Waals surface area contributed by atoms with E-state index < -0.39 is 0 Å². The quantitative estimate of drug-likeness (QED) is 0.717. The second kappa shape index (κ2) is 8.52. The summed E-state index contributed by atoms with van der Waals surface area (Å²) in [5.74, 6) is 0. The highest BCUT2D eigenvalue weighted by Crippen LogP contribution is 2.24. The highest BCUT2D eigenvalue weighted by atomic mass is 79.9.